The summed E-state index contributed by atoms with van der Waals surface area (Å²) < 4.78 is 47.0. The van der Waals surface area contributed by atoms with E-state index >= 15 is 0 Å². The first-order chi connectivity index (χ1) is 17.1. The molecule has 36 heavy (non-hydrogen) atoms. The number of hydrogen-bond acceptors (Lipinski definition) is 6. The number of halogens is 2. The molecule has 0 spiro atoms. The summed E-state index contributed by atoms with van der Waals surface area (Å²) in [4.78, 5) is 11.8. The average molecular weight is 535 g/mol. The number of rotatable bonds is 11. The van der Waals surface area contributed by atoms with Gasteiger partial charge in [0.1, 0.15) is 22.2 Å². The monoisotopic (exact) mass is 534 g/mol. The molecule has 9 nitrogen and oxygen atoms in total. The van der Waals surface area contributed by atoms with E-state index in [1.807, 2.05) is 0 Å². The topological polar surface area (TPSA) is 144 Å². The Morgan fingerprint density at radius 2 is 1.64 bits per heavy atom. The highest BCUT2D eigenvalue weighted by Gasteiger charge is 2.16. The summed E-state index contributed by atoms with van der Waals surface area (Å²) >= 11 is 5.99. The van der Waals surface area contributed by atoms with Gasteiger partial charge in [-0.15, -0.1) is 3.89 Å². The van der Waals surface area contributed by atoms with Crippen LogP contribution in [-0.4, -0.2) is 33.5 Å². The Labute approximate surface area is 213 Å². The molecule has 0 aliphatic carbocycles. The first-order valence-electron chi connectivity index (χ1n) is 10.7. The number of carbonyl (C=O) groups is 1. The highest BCUT2D eigenvalue weighted by Crippen LogP contribution is 2.28. The maximum Gasteiger partial charge on any atom is 0.332 e. The molecule has 0 saturated carbocycles. The van der Waals surface area contributed by atoms with Crippen LogP contribution in [0.2, 0.25) is 5.02 Å². The van der Waals surface area contributed by atoms with Gasteiger partial charge in [-0.2, -0.15) is 8.42 Å². The molecule has 3 aromatic carbocycles. The summed E-state index contributed by atoms with van der Waals surface area (Å²) in [6, 6.07) is 16.1. The molecular weight excluding hydrogens is 511 g/mol. The number of nitrogens with two attached hydrogens (primary N) is 1. The van der Waals surface area contributed by atoms with Crippen molar-refractivity contribution in [2.45, 2.75) is 17.7 Å². The van der Waals surface area contributed by atoms with Crippen LogP contribution in [-0.2, 0) is 10.2 Å². The highest BCUT2D eigenvalue weighted by atomic mass is 35.5. The van der Waals surface area contributed by atoms with Gasteiger partial charge in [0.15, 0.2) is 0 Å². The fourth-order valence-electron chi connectivity index (χ4n) is 3.05. The van der Waals surface area contributed by atoms with E-state index in [1.54, 1.807) is 48.5 Å². The third-order valence-electron chi connectivity index (χ3n) is 4.81. The molecule has 0 aliphatic heterocycles. The van der Waals surface area contributed by atoms with Crippen molar-refractivity contribution in [1.29, 1.82) is 5.41 Å². The molecule has 0 unspecified atom stereocenters. The number of urea groups is 1. The molecule has 0 bridgehead atoms. The van der Waals surface area contributed by atoms with Gasteiger partial charge in [-0.05, 0) is 55.3 Å². The third kappa shape index (κ3) is 7.85. The van der Waals surface area contributed by atoms with Gasteiger partial charge in [-0.25, -0.2) is 4.79 Å². The van der Waals surface area contributed by atoms with Crippen molar-refractivity contribution in [3.8, 4) is 11.5 Å². The lowest BCUT2D eigenvalue weighted by molar-refractivity contribution is 0.261. The lowest BCUT2D eigenvalue weighted by atomic mass is 10.2. The first kappa shape index (κ1) is 26.8. The van der Waals surface area contributed by atoms with Crippen molar-refractivity contribution in [2.24, 2.45) is 5.73 Å². The van der Waals surface area contributed by atoms with Crippen LogP contribution in [0.4, 0.5) is 20.1 Å². The predicted molar refractivity (Wildman–Crippen MR) is 137 cm³/mol. The molecule has 3 aromatic rings. The van der Waals surface area contributed by atoms with E-state index in [9.17, 15) is 17.1 Å². The van der Waals surface area contributed by atoms with E-state index in [1.165, 1.54) is 6.07 Å². The Hall–Kier alpha value is -3.83. The fraction of sp³-hybridized carbons (Fsp3) is 0.167. The summed E-state index contributed by atoms with van der Waals surface area (Å²) in [5, 5.41) is 12.5. The molecule has 12 heteroatoms. The fourth-order valence-corrected chi connectivity index (χ4v) is 3.71. The second kappa shape index (κ2) is 12.2. The van der Waals surface area contributed by atoms with Gasteiger partial charge in [0.2, 0.25) is 0 Å². The number of amidine groups is 1. The average Bonchev–Trinajstić information content (AvgIpc) is 2.83. The largest absolute Gasteiger partial charge is 0.494 e. The molecule has 5 N–H and O–H groups in total. The van der Waals surface area contributed by atoms with Crippen LogP contribution in [0.5, 0.6) is 11.5 Å². The molecule has 0 radical (unpaired) electrons. The number of para-hydroxylation sites is 2. The normalized spacial score (nSPS) is 10.9. The molecule has 0 fully saturated rings. The number of benzene rings is 3. The molecule has 0 atom stereocenters. The van der Waals surface area contributed by atoms with Gasteiger partial charge in [-0.1, -0.05) is 35.9 Å². The van der Waals surface area contributed by atoms with E-state index in [2.05, 4.69) is 10.6 Å². The van der Waals surface area contributed by atoms with Crippen LogP contribution in [0.25, 0.3) is 0 Å². The summed E-state index contributed by atoms with van der Waals surface area (Å²) in [5.74, 6) is 1.02. The van der Waals surface area contributed by atoms with Crippen molar-refractivity contribution in [3.63, 3.8) is 0 Å². The number of hydrogen-bond donors (Lipinski definition) is 4. The van der Waals surface area contributed by atoms with Gasteiger partial charge >= 0.3 is 16.3 Å². The van der Waals surface area contributed by atoms with E-state index in [4.69, 9.17) is 32.2 Å². The number of carbonyl (C=O) groups excluding carboxylic acids is 1. The molecule has 0 heterocycles. The zero-order chi connectivity index (χ0) is 26.1. The lowest BCUT2D eigenvalue weighted by Gasteiger charge is -2.14. The van der Waals surface area contributed by atoms with Gasteiger partial charge in [0.25, 0.3) is 0 Å². The second-order valence-corrected chi connectivity index (χ2v) is 9.25. The Kier molecular flexibility index (Phi) is 9.09. The summed E-state index contributed by atoms with van der Waals surface area (Å²) in [5.41, 5.74) is 6.37. The van der Waals surface area contributed by atoms with Crippen molar-refractivity contribution in [2.75, 3.05) is 23.8 Å². The molecular formula is C24H24ClFN4O5S. The third-order valence-corrected chi connectivity index (χ3v) is 5.96. The minimum atomic E-state index is -4.95. The zero-order valence-electron chi connectivity index (χ0n) is 19.0. The number of nitrogen functional groups attached to an aromatic ring is 1. The number of unbranched alkanes of at least 4 members (excludes halogenated alkanes) is 1. The first-order valence-corrected chi connectivity index (χ1v) is 12.5. The standard InChI is InChI=1S/C24H24ClFN4O5S/c25-19-11-10-18(36(26,32)33)15-21(19)30-24(31)29-20-8-1-2-9-22(20)35-13-4-3-12-34-17-7-5-6-16(14-17)23(27)28/h1-2,5-11,14-15H,3-4,12-13H2,(H3,27,28)(H2,29,30,31). The highest BCUT2D eigenvalue weighted by molar-refractivity contribution is 7.86. The van der Waals surface area contributed by atoms with Crippen LogP contribution in [0, 0.1) is 5.41 Å². The maximum atomic E-state index is 13.3. The molecule has 2 amide bonds. The molecule has 0 saturated heterocycles. The summed E-state index contributed by atoms with van der Waals surface area (Å²) in [7, 11) is -4.95. The number of nitrogens with one attached hydrogen (secondary N) is 3. The van der Waals surface area contributed by atoms with Crippen LogP contribution in [0.1, 0.15) is 18.4 Å². The minimum Gasteiger partial charge on any atom is -0.494 e. The van der Waals surface area contributed by atoms with Crippen molar-refractivity contribution < 1.29 is 26.6 Å². The van der Waals surface area contributed by atoms with E-state index in [0.29, 0.717) is 48.8 Å². The maximum absolute atomic E-state index is 13.3. The van der Waals surface area contributed by atoms with Crippen LogP contribution < -0.4 is 25.8 Å². The van der Waals surface area contributed by atoms with Gasteiger partial charge in [-0.3, -0.25) is 5.41 Å². The quantitative estimate of drug-likeness (QED) is 0.116. The predicted octanol–water partition coefficient (Wildman–Crippen LogP) is 5.16. The Bertz CT molecular complexity index is 1350. The van der Waals surface area contributed by atoms with Crippen LogP contribution in [0.15, 0.2) is 71.6 Å². The molecule has 0 aromatic heterocycles. The Morgan fingerprint density at radius 1 is 0.944 bits per heavy atom. The molecule has 190 valence electrons. The molecule has 0 aliphatic rings. The van der Waals surface area contributed by atoms with Crippen molar-refractivity contribution >= 4 is 45.1 Å². The second-order valence-electron chi connectivity index (χ2n) is 7.50. The lowest BCUT2D eigenvalue weighted by Crippen LogP contribution is -2.20. The minimum absolute atomic E-state index is 0.0286. The van der Waals surface area contributed by atoms with E-state index in [-0.39, 0.29) is 16.5 Å². The number of amides is 2. The SMILES string of the molecule is N=C(N)c1cccc(OCCCCOc2ccccc2NC(=O)Nc2cc(S(=O)(=O)F)ccc2Cl)c1. The summed E-state index contributed by atoms with van der Waals surface area (Å²) in [6.45, 7) is 0.806. The van der Waals surface area contributed by atoms with Crippen molar-refractivity contribution in [3.05, 3.63) is 77.3 Å². The van der Waals surface area contributed by atoms with Gasteiger partial charge in [0.05, 0.1) is 29.6 Å². The van der Waals surface area contributed by atoms with Crippen LogP contribution in [0.3, 0.4) is 0 Å². The summed E-state index contributed by atoms with van der Waals surface area (Å²) in [6.07, 6.45) is 1.37. The number of anilines is 2. The zero-order valence-corrected chi connectivity index (χ0v) is 20.5. The molecule has 3 rings (SSSR count). The van der Waals surface area contributed by atoms with E-state index < -0.39 is 21.1 Å². The Morgan fingerprint density at radius 3 is 2.36 bits per heavy atom. The van der Waals surface area contributed by atoms with Gasteiger partial charge in [0, 0.05) is 5.56 Å². The number of ether oxygens (including phenoxy) is 2. The van der Waals surface area contributed by atoms with Crippen molar-refractivity contribution in [1.82, 2.24) is 0 Å². The van der Waals surface area contributed by atoms with Gasteiger partial charge < -0.3 is 25.8 Å². The van der Waals surface area contributed by atoms with E-state index in [0.717, 1.165) is 12.1 Å². The smallest absolute Gasteiger partial charge is 0.332 e. The Balaban J connectivity index is 1.49. The van der Waals surface area contributed by atoms with Crippen LogP contribution >= 0.6 is 11.6 Å².